The molecule has 4 heteroatoms. The molecule has 0 rings (SSSR count). The predicted molar refractivity (Wildman–Crippen MR) is 42.9 cm³/mol. The molecule has 0 fully saturated rings. The first-order chi connectivity index (χ1) is 5.13. The molecular formula is C7H16N2O2. The zero-order valence-electron chi connectivity index (χ0n) is 7.55. The molecule has 0 aliphatic carbocycles. The molecule has 0 spiro atoms. The number of esters is 1. The van der Waals surface area contributed by atoms with Gasteiger partial charge in [0, 0.05) is 7.05 Å². The topological polar surface area (TPSA) is 41.6 Å². The molecule has 0 saturated carbocycles. The normalized spacial score (nSPS) is 13.2. The van der Waals surface area contributed by atoms with Gasteiger partial charge in [-0.05, 0) is 20.9 Å². The lowest BCUT2D eigenvalue weighted by atomic mass is 10.3. The number of nitrogens with zero attached hydrogens (tertiary/aromatic N) is 1. The Bertz CT molecular complexity index is 128. The molecule has 11 heavy (non-hydrogen) atoms. The highest BCUT2D eigenvalue weighted by molar-refractivity contribution is 5.75. The molecule has 66 valence electrons. The number of hydrogen-bond acceptors (Lipinski definition) is 4. The average Bonchev–Trinajstić information content (AvgIpc) is 2.02. The molecule has 4 nitrogen and oxygen atoms in total. The highest BCUT2D eigenvalue weighted by Gasteiger charge is 2.17. The first kappa shape index (κ1) is 10.4. The number of hydrazine groups is 1. The van der Waals surface area contributed by atoms with Crippen LogP contribution in [0, 0.1) is 0 Å². The van der Waals surface area contributed by atoms with E-state index in [1.807, 2.05) is 0 Å². The summed E-state index contributed by atoms with van der Waals surface area (Å²) in [6, 6.07) is -0.236. The van der Waals surface area contributed by atoms with Crippen molar-refractivity contribution in [2.75, 3.05) is 20.7 Å². The second kappa shape index (κ2) is 5.09. The maximum Gasteiger partial charge on any atom is 0.324 e. The zero-order valence-corrected chi connectivity index (χ0v) is 7.55. The molecule has 0 aliphatic rings. The number of ether oxygens (including phenoxy) is 1. The van der Waals surface area contributed by atoms with Crippen LogP contribution in [0.2, 0.25) is 0 Å². The van der Waals surface area contributed by atoms with E-state index in [2.05, 4.69) is 5.43 Å². The van der Waals surface area contributed by atoms with E-state index in [1.54, 1.807) is 33.0 Å². The van der Waals surface area contributed by atoms with Crippen molar-refractivity contribution in [2.45, 2.75) is 19.9 Å². The number of rotatable bonds is 4. The van der Waals surface area contributed by atoms with Gasteiger partial charge in [-0.1, -0.05) is 0 Å². The molecule has 0 heterocycles. The third kappa shape index (κ3) is 3.34. The van der Waals surface area contributed by atoms with Crippen molar-refractivity contribution >= 4 is 5.97 Å². The summed E-state index contributed by atoms with van der Waals surface area (Å²) in [6.45, 7) is 4.01. The minimum atomic E-state index is -0.236. The van der Waals surface area contributed by atoms with E-state index in [4.69, 9.17) is 4.74 Å². The molecule has 0 aliphatic heterocycles. The van der Waals surface area contributed by atoms with Crippen LogP contribution in [0.1, 0.15) is 13.8 Å². The van der Waals surface area contributed by atoms with Gasteiger partial charge in [0.25, 0.3) is 0 Å². The Morgan fingerprint density at radius 1 is 1.73 bits per heavy atom. The van der Waals surface area contributed by atoms with Crippen LogP contribution < -0.4 is 5.43 Å². The van der Waals surface area contributed by atoms with Crippen LogP contribution in [0.15, 0.2) is 0 Å². The monoisotopic (exact) mass is 160 g/mol. The van der Waals surface area contributed by atoms with Gasteiger partial charge in [-0.2, -0.15) is 0 Å². The molecule has 0 aromatic heterocycles. The molecule has 0 bridgehead atoms. The molecule has 0 aromatic rings. The number of carbonyl (C=O) groups is 1. The predicted octanol–water partition coefficient (Wildman–Crippen LogP) is 0.00420. The van der Waals surface area contributed by atoms with E-state index in [-0.39, 0.29) is 12.0 Å². The van der Waals surface area contributed by atoms with Crippen molar-refractivity contribution in [1.29, 1.82) is 0 Å². The van der Waals surface area contributed by atoms with Gasteiger partial charge in [0.15, 0.2) is 0 Å². The lowest BCUT2D eigenvalue weighted by Gasteiger charge is -2.21. The Balaban J connectivity index is 3.80. The van der Waals surface area contributed by atoms with Crippen molar-refractivity contribution in [1.82, 2.24) is 10.4 Å². The third-order valence-corrected chi connectivity index (χ3v) is 1.56. The van der Waals surface area contributed by atoms with E-state index >= 15 is 0 Å². The molecule has 1 unspecified atom stereocenters. The van der Waals surface area contributed by atoms with E-state index in [9.17, 15) is 4.79 Å². The maximum atomic E-state index is 11.0. The molecule has 0 aromatic carbocycles. The van der Waals surface area contributed by atoms with Crippen LogP contribution in [0.4, 0.5) is 0 Å². The largest absolute Gasteiger partial charge is 0.465 e. The van der Waals surface area contributed by atoms with Gasteiger partial charge in [-0.25, -0.2) is 5.01 Å². The first-order valence-electron chi connectivity index (χ1n) is 3.70. The molecule has 0 radical (unpaired) electrons. The zero-order chi connectivity index (χ0) is 8.85. The smallest absolute Gasteiger partial charge is 0.324 e. The molecular weight excluding hydrogens is 144 g/mol. The highest BCUT2D eigenvalue weighted by atomic mass is 16.5. The second-order valence-electron chi connectivity index (χ2n) is 2.26. The standard InChI is InChI=1S/C7H16N2O2/c1-5-11-7(10)6(2)9(4)8-3/h6,8H,5H2,1-4H3. The Hall–Kier alpha value is -0.610. The highest BCUT2D eigenvalue weighted by Crippen LogP contribution is 1.93. The number of likely N-dealkylation sites (N-methyl/N-ethyl adjacent to an activating group) is 1. The number of nitrogens with one attached hydrogen (secondary N) is 1. The summed E-state index contributed by atoms with van der Waals surface area (Å²) in [7, 11) is 3.55. The minimum Gasteiger partial charge on any atom is -0.465 e. The summed E-state index contributed by atoms with van der Waals surface area (Å²) in [6.07, 6.45) is 0. The Morgan fingerprint density at radius 2 is 2.27 bits per heavy atom. The number of hydrogen-bond donors (Lipinski definition) is 1. The summed E-state index contributed by atoms with van der Waals surface area (Å²) in [4.78, 5) is 11.0. The SMILES string of the molecule is CCOC(=O)C(C)N(C)NC. The lowest BCUT2D eigenvalue weighted by molar-refractivity contribution is -0.149. The summed E-state index contributed by atoms with van der Waals surface area (Å²) in [5.74, 6) is -0.204. The maximum absolute atomic E-state index is 11.0. The lowest BCUT2D eigenvalue weighted by Crippen LogP contribution is -2.44. The molecule has 0 amide bonds. The summed E-state index contributed by atoms with van der Waals surface area (Å²) in [5.41, 5.74) is 2.84. The van der Waals surface area contributed by atoms with Gasteiger partial charge in [-0.15, -0.1) is 0 Å². The quantitative estimate of drug-likeness (QED) is 0.464. The van der Waals surface area contributed by atoms with Gasteiger partial charge in [0.2, 0.25) is 0 Å². The van der Waals surface area contributed by atoms with Gasteiger partial charge >= 0.3 is 5.97 Å². The van der Waals surface area contributed by atoms with Crippen LogP contribution >= 0.6 is 0 Å². The Morgan fingerprint density at radius 3 is 2.64 bits per heavy atom. The first-order valence-corrected chi connectivity index (χ1v) is 3.70. The van der Waals surface area contributed by atoms with Gasteiger partial charge in [0.1, 0.15) is 6.04 Å². The minimum absolute atomic E-state index is 0.204. The van der Waals surface area contributed by atoms with Crippen LogP contribution in [0.3, 0.4) is 0 Å². The summed E-state index contributed by atoms with van der Waals surface area (Å²) < 4.78 is 4.81. The molecule has 1 N–H and O–H groups in total. The number of carbonyl (C=O) groups excluding carboxylic acids is 1. The van der Waals surface area contributed by atoms with Crippen LogP contribution in [0.5, 0.6) is 0 Å². The molecule has 0 saturated heterocycles. The van der Waals surface area contributed by atoms with Crippen molar-refractivity contribution in [3.63, 3.8) is 0 Å². The van der Waals surface area contributed by atoms with Crippen LogP contribution in [-0.4, -0.2) is 37.7 Å². The van der Waals surface area contributed by atoms with E-state index < -0.39 is 0 Å². The molecule has 1 atom stereocenters. The van der Waals surface area contributed by atoms with Crippen molar-refractivity contribution in [3.8, 4) is 0 Å². The van der Waals surface area contributed by atoms with E-state index in [0.29, 0.717) is 6.61 Å². The summed E-state index contributed by atoms with van der Waals surface area (Å²) in [5, 5.41) is 1.69. The summed E-state index contributed by atoms with van der Waals surface area (Å²) >= 11 is 0. The average molecular weight is 160 g/mol. The van der Waals surface area contributed by atoms with Crippen molar-refractivity contribution in [3.05, 3.63) is 0 Å². The van der Waals surface area contributed by atoms with Crippen molar-refractivity contribution in [2.24, 2.45) is 0 Å². The van der Waals surface area contributed by atoms with E-state index in [0.717, 1.165) is 0 Å². The van der Waals surface area contributed by atoms with Gasteiger partial charge in [-0.3, -0.25) is 10.2 Å². The van der Waals surface area contributed by atoms with Crippen molar-refractivity contribution < 1.29 is 9.53 Å². The fourth-order valence-corrected chi connectivity index (χ4v) is 0.615. The van der Waals surface area contributed by atoms with Gasteiger partial charge in [0.05, 0.1) is 6.61 Å². The fourth-order valence-electron chi connectivity index (χ4n) is 0.615. The Labute approximate surface area is 67.5 Å². The van der Waals surface area contributed by atoms with Crippen LogP contribution in [-0.2, 0) is 9.53 Å². The third-order valence-electron chi connectivity index (χ3n) is 1.56. The van der Waals surface area contributed by atoms with E-state index in [1.165, 1.54) is 0 Å². The van der Waals surface area contributed by atoms with Crippen LogP contribution in [0.25, 0.3) is 0 Å². The second-order valence-corrected chi connectivity index (χ2v) is 2.26. The van der Waals surface area contributed by atoms with Gasteiger partial charge < -0.3 is 4.74 Å². The Kier molecular flexibility index (Phi) is 4.81. The fraction of sp³-hybridized carbons (Fsp3) is 0.857.